The third-order valence-corrected chi connectivity index (χ3v) is 3.98. The van der Waals surface area contributed by atoms with Gasteiger partial charge in [0.15, 0.2) is 0 Å². The summed E-state index contributed by atoms with van der Waals surface area (Å²) in [5.41, 5.74) is 1.02. The molecule has 0 spiro atoms. The summed E-state index contributed by atoms with van der Waals surface area (Å²) in [5, 5.41) is 13.7. The lowest BCUT2D eigenvalue weighted by Gasteiger charge is -2.27. The standard InChI is InChI=1S/C14H17Cl2NO2/c15-11-4-9(5-12(16)7-11)8-17-13-3-1-2-10(6-13)14(18)19/h4-5,7,10,13,17H,1-3,6,8H2,(H,18,19). The maximum Gasteiger partial charge on any atom is 0.306 e. The van der Waals surface area contributed by atoms with E-state index in [1.54, 1.807) is 6.07 Å². The molecule has 0 amide bonds. The lowest BCUT2D eigenvalue weighted by atomic mass is 9.86. The maximum atomic E-state index is 11.0. The van der Waals surface area contributed by atoms with Crippen LogP contribution in [0.5, 0.6) is 0 Å². The summed E-state index contributed by atoms with van der Waals surface area (Å²) in [6.07, 6.45) is 3.48. The number of benzene rings is 1. The van der Waals surface area contributed by atoms with Crippen molar-refractivity contribution >= 4 is 29.2 Å². The molecule has 2 unspecified atom stereocenters. The molecular weight excluding hydrogens is 285 g/mol. The van der Waals surface area contributed by atoms with Crippen molar-refractivity contribution in [3.8, 4) is 0 Å². The van der Waals surface area contributed by atoms with E-state index in [1.165, 1.54) is 0 Å². The van der Waals surface area contributed by atoms with Crippen molar-refractivity contribution in [3.05, 3.63) is 33.8 Å². The van der Waals surface area contributed by atoms with Gasteiger partial charge in [0.2, 0.25) is 0 Å². The summed E-state index contributed by atoms with van der Waals surface area (Å²) in [4.78, 5) is 11.0. The maximum absolute atomic E-state index is 11.0. The van der Waals surface area contributed by atoms with Crippen molar-refractivity contribution in [1.29, 1.82) is 0 Å². The molecule has 0 heterocycles. The van der Waals surface area contributed by atoms with Gasteiger partial charge in [-0.05, 0) is 43.0 Å². The molecule has 1 fully saturated rings. The summed E-state index contributed by atoms with van der Waals surface area (Å²) < 4.78 is 0. The quantitative estimate of drug-likeness (QED) is 0.891. The Balaban J connectivity index is 1.89. The summed E-state index contributed by atoms with van der Waals surface area (Å²) in [7, 11) is 0. The molecule has 1 aliphatic rings. The second kappa shape index (κ2) is 6.60. The molecule has 104 valence electrons. The Labute approximate surface area is 122 Å². The SMILES string of the molecule is O=C(O)C1CCCC(NCc2cc(Cl)cc(Cl)c2)C1. The lowest BCUT2D eigenvalue weighted by Crippen LogP contribution is -2.36. The van der Waals surface area contributed by atoms with E-state index in [2.05, 4.69) is 5.32 Å². The van der Waals surface area contributed by atoms with Crippen LogP contribution < -0.4 is 5.32 Å². The molecule has 0 aliphatic heterocycles. The first-order valence-corrected chi connectivity index (χ1v) is 7.21. The third kappa shape index (κ3) is 4.37. The zero-order valence-corrected chi connectivity index (χ0v) is 12.0. The van der Waals surface area contributed by atoms with Gasteiger partial charge in [0, 0.05) is 22.6 Å². The molecule has 0 saturated heterocycles. The van der Waals surface area contributed by atoms with Gasteiger partial charge in [-0.15, -0.1) is 0 Å². The number of aliphatic carboxylic acids is 1. The van der Waals surface area contributed by atoms with Crippen LogP contribution >= 0.6 is 23.2 Å². The van der Waals surface area contributed by atoms with Crippen LogP contribution in [0.25, 0.3) is 0 Å². The number of nitrogens with one attached hydrogen (secondary N) is 1. The van der Waals surface area contributed by atoms with E-state index in [-0.39, 0.29) is 12.0 Å². The number of carboxylic acids is 1. The Morgan fingerprint density at radius 3 is 2.58 bits per heavy atom. The highest BCUT2D eigenvalue weighted by Crippen LogP contribution is 2.25. The minimum atomic E-state index is -0.683. The van der Waals surface area contributed by atoms with Gasteiger partial charge in [-0.1, -0.05) is 29.6 Å². The van der Waals surface area contributed by atoms with Gasteiger partial charge in [0.1, 0.15) is 0 Å². The fourth-order valence-corrected chi connectivity index (χ4v) is 3.15. The second-order valence-corrected chi connectivity index (χ2v) is 5.93. The first kappa shape index (κ1) is 14.6. The topological polar surface area (TPSA) is 49.3 Å². The zero-order valence-electron chi connectivity index (χ0n) is 10.5. The predicted octanol–water partition coefficient (Wildman–Crippen LogP) is 3.73. The predicted molar refractivity (Wildman–Crippen MR) is 76.7 cm³/mol. The monoisotopic (exact) mass is 301 g/mol. The number of hydrogen-bond donors (Lipinski definition) is 2. The third-order valence-electron chi connectivity index (χ3n) is 3.54. The molecule has 3 nitrogen and oxygen atoms in total. The molecule has 0 bridgehead atoms. The van der Waals surface area contributed by atoms with E-state index in [9.17, 15) is 4.79 Å². The minimum absolute atomic E-state index is 0.214. The molecule has 0 radical (unpaired) electrons. The number of halogens is 2. The average Bonchev–Trinajstić information content (AvgIpc) is 2.35. The molecule has 2 atom stereocenters. The summed E-state index contributed by atoms with van der Waals surface area (Å²) in [5.74, 6) is -0.897. The van der Waals surface area contributed by atoms with Crippen LogP contribution in [0.4, 0.5) is 0 Å². The van der Waals surface area contributed by atoms with E-state index < -0.39 is 5.97 Å². The van der Waals surface area contributed by atoms with Gasteiger partial charge in [-0.2, -0.15) is 0 Å². The van der Waals surface area contributed by atoms with Crippen LogP contribution in [0, 0.1) is 5.92 Å². The Kier molecular flexibility index (Phi) is 5.08. The first-order chi connectivity index (χ1) is 9.04. The first-order valence-electron chi connectivity index (χ1n) is 6.46. The van der Waals surface area contributed by atoms with Gasteiger partial charge < -0.3 is 10.4 Å². The highest BCUT2D eigenvalue weighted by molar-refractivity contribution is 6.34. The van der Waals surface area contributed by atoms with Gasteiger partial charge in [0.05, 0.1) is 5.92 Å². The van der Waals surface area contributed by atoms with Gasteiger partial charge in [-0.25, -0.2) is 0 Å². The van der Waals surface area contributed by atoms with Crippen molar-refractivity contribution in [2.75, 3.05) is 0 Å². The number of carboxylic acid groups (broad SMARTS) is 1. The minimum Gasteiger partial charge on any atom is -0.481 e. The molecule has 1 aliphatic carbocycles. The van der Waals surface area contributed by atoms with Crippen LogP contribution in [0.15, 0.2) is 18.2 Å². The Morgan fingerprint density at radius 1 is 1.26 bits per heavy atom. The molecule has 2 N–H and O–H groups in total. The highest BCUT2D eigenvalue weighted by Gasteiger charge is 2.26. The molecule has 1 saturated carbocycles. The van der Waals surface area contributed by atoms with Crippen LogP contribution in [0.1, 0.15) is 31.2 Å². The fraction of sp³-hybridized carbons (Fsp3) is 0.500. The van der Waals surface area contributed by atoms with Crippen molar-refractivity contribution < 1.29 is 9.90 Å². The van der Waals surface area contributed by atoms with E-state index in [1.807, 2.05) is 12.1 Å². The van der Waals surface area contributed by atoms with Crippen molar-refractivity contribution in [2.45, 2.75) is 38.3 Å². The summed E-state index contributed by atoms with van der Waals surface area (Å²) >= 11 is 11.9. The Hall–Kier alpha value is -0.770. The fourth-order valence-electron chi connectivity index (χ4n) is 2.57. The van der Waals surface area contributed by atoms with Crippen LogP contribution in [0.2, 0.25) is 10.0 Å². The van der Waals surface area contributed by atoms with Crippen LogP contribution in [-0.2, 0) is 11.3 Å². The molecular formula is C14H17Cl2NO2. The molecule has 19 heavy (non-hydrogen) atoms. The van der Waals surface area contributed by atoms with E-state index in [0.717, 1.165) is 24.8 Å². The zero-order chi connectivity index (χ0) is 13.8. The van der Waals surface area contributed by atoms with Gasteiger partial charge >= 0.3 is 5.97 Å². The second-order valence-electron chi connectivity index (χ2n) is 5.06. The summed E-state index contributed by atoms with van der Waals surface area (Å²) in [6, 6.07) is 5.71. The number of rotatable bonds is 4. The van der Waals surface area contributed by atoms with Gasteiger partial charge in [-0.3, -0.25) is 4.79 Å². The Bertz CT molecular complexity index is 445. The molecule has 1 aromatic carbocycles. The van der Waals surface area contributed by atoms with Crippen LogP contribution in [0.3, 0.4) is 0 Å². The Morgan fingerprint density at radius 2 is 1.95 bits per heavy atom. The van der Waals surface area contributed by atoms with Crippen molar-refractivity contribution in [1.82, 2.24) is 5.32 Å². The molecule has 0 aromatic heterocycles. The van der Waals surface area contributed by atoms with E-state index >= 15 is 0 Å². The van der Waals surface area contributed by atoms with Crippen molar-refractivity contribution in [3.63, 3.8) is 0 Å². The summed E-state index contributed by atoms with van der Waals surface area (Å²) in [6.45, 7) is 0.664. The van der Waals surface area contributed by atoms with Crippen molar-refractivity contribution in [2.24, 2.45) is 5.92 Å². The smallest absolute Gasteiger partial charge is 0.306 e. The number of carbonyl (C=O) groups is 1. The van der Waals surface area contributed by atoms with E-state index in [4.69, 9.17) is 28.3 Å². The highest BCUT2D eigenvalue weighted by atomic mass is 35.5. The van der Waals surface area contributed by atoms with Crippen LogP contribution in [-0.4, -0.2) is 17.1 Å². The largest absolute Gasteiger partial charge is 0.481 e. The molecule has 5 heteroatoms. The lowest BCUT2D eigenvalue weighted by molar-refractivity contribution is -0.143. The average molecular weight is 302 g/mol. The molecule has 1 aromatic rings. The number of hydrogen-bond acceptors (Lipinski definition) is 2. The normalized spacial score (nSPS) is 23.3. The molecule has 2 rings (SSSR count). The van der Waals surface area contributed by atoms with Gasteiger partial charge in [0.25, 0.3) is 0 Å². The van der Waals surface area contributed by atoms with E-state index in [0.29, 0.717) is 23.0 Å².